The molecule has 0 spiro atoms. The largest absolute Gasteiger partial charge is 0.320 e. The first-order valence-corrected chi connectivity index (χ1v) is 5.13. The molecule has 1 rings (SSSR count). The van der Waals surface area contributed by atoms with Gasteiger partial charge in [-0.1, -0.05) is 13.0 Å². The summed E-state index contributed by atoms with van der Waals surface area (Å²) in [6.07, 6.45) is 0.598. The van der Waals surface area contributed by atoms with Crippen molar-refractivity contribution in [3.63, 3.8) is 0 Å². The second-order valence-electron chi connectivity index (χ2n) is 3.57. The van der Waals surface area contributed by atoms with E-state index in [1.807, 2.05) is 13.0 Å². The molecule has 0 fully saturated rings. The van der Waals surface area contributed by atoms with E-state index in [0.717, 1.165) is 0 Å². The lowest BCUT2D eigenvalue weighted by Gasteiger charge is -2.20. The van der Waals surface area contributed by atoms with E-state index in [9.17, 15) is 4.79 Å². The van der Waals surface area contributed by atoms with Crippen molar-refractivity contribution in [2.24, 2.45) is 5.73 Å². The Bertz CT molecular complexity index is 423. The highest BCUT2D eigenvalue weighted by molar-refractivity contribution is 5.96. The topological polar surface area (TPSA) is 70.1 Å². The molecule has 4 heteroatoms. The highest BCUT2D eigenvalue weighted by Crippen LogP contribution is 2.15. The Kier molecular flexibility index (Phi) is 4.03. The SMILES string of the molecule is CC[C@H](N)C(=O)N(C)c1cccc(C#N)c1. The van der Waals surface area contributed by atoms with Gasteiger partial charge in [-0.15, -0.1) is 0 Å². The molecule has 0 aliphatic rings. The minimum atomic E-state index is -0.490. The van der Waals surface area contributed by atoms with E-state index in [4.69, 9.17) is 11.0 Å². The number of nitriles is 1. The summed E-state index contributed by atoms with van der Waals surface area (Å²) in [5.41, 5.74) is 6.89. The minimum absolute atomic E-state index is 0.141. The molecule has 16 heavy (non-hydrogen) atoms. The van der Waals surface area contributed by atoms with Gasteiger partial charge in [0.05, 0.1) is 17.7 Å². The maximum atomic E-state index is 11.8. The Balaban J connectivity index is 2.92. The average molecular weight is 217 g/mol. The quantitative estimate of drug-likeness (QED) is 0.828. The molecule has 0 aliphatic carbocycles. The van der Waals surface area contributed by atoms with Crippen molar-refractivity contribution >= 4 is 11.6 Å². The van der Waals surface area contributed by atoms with Crippen LogP contribution < -0.4 is 10.6 Å². The molecular weight excluding hydrogens is 202 g/mol. The van der Waals surface area contributed by atoms with E-state index >= 15 is 0 Å². The number of amides is 1. The smallest absolute Gasteiger partial charge is 0.243 e. The molecule has 2 N–H and O–H groups in total. The predicted octanol–water partition coefficient (Wildman–Crippen LogP) is 1.26. The summed E-state index contributed by atoms with van der Waals surface area (Å²) >= 11 is 0. The van der Waals surface area contributed by atoms with E-state index in [-0.39, 0.29) is 5.91 Å². The molecule has 0 unspecified atom stereocenters. The normalized spacial score (nSPS) is 11.6. The molecule has 0 saturated heterocycles. The number of nitrogens with zero attached hydrogens (tertiary/aromatic N) is 2. The van der Waals surface area contributed by atoms with Gasteiger partial charge < -0.3 is 10.6 Å². The van der Waals surface area contributed by atoms with Crippen LogP contribution in [0, 0.1) is 11.3 Å². The lowest BCUT2D eigenvalue weighted by Crippen LogP contribution is -2.41. The lowest BCUT2D eigenvalue weighted by atomic mass is 10.1. The number of rotatable bonds is 3. The van der Waals surface area contributed by atoms with Gasteiger partial charge in [0.15, 0.2) is 0 Å². The average Bonchev–Trinajstić information content (AvgIpc) is 2.36. The first-order chi connectivity index (χ1) is 7.60. The Morgan fingerprint density at radius 2 is 2.31 bits per heavy atom. The van der Waals surface area contributed by atoms with Crippen LogP contribution in [-0.4, -0.2) is 19.0 Å². The van der Waals surface area contributed by atoms with Crippen LogP contribution in [0.4, 0.5) is 5.69 Å². The molecule has 1 aromatic carbocycles. The molecule has 4 nitrogen and oxygen atoms in total. The van der Waals surface area contributed by atoms with Crippen LogP contribution in [0.15, 0.2) is 24.3 Å². The zero-order valence-electron chi connectivity index (χ0n) is 9.47. The van der Waals surface area contributed by atoms with Crippen LogP contribution >= 0.6 is 0 Å². The third-order valence-corrected chi connectivity index (χ3v) is 2.45. The Morgan fingerprint density at radius 1 is 1.62 bits per heavy atom. The predicted molar refractivity (Wildman–Crippen MR) is 62.8 cm³/mol. The van der Waals surface area contributed by atoms with Crippen molar-refractivity contribution in [2.75, 3.05) is 11.9 Å². The van der Waals surface area contributed by atoms with Gasteiger partial charge in [0.1, 0.15) is 0 Å². The van der Waals surface area contributed by atoms with E-state index in [0.29, 0.717) is 17.7 Å². The molecule has 0 aromatic heterocycles. The minimum Gasteiger partial charge on any atom is -0.320 e. The summed E-state index contributed by atoms with van der Waals surface area (Å²) in [5, 5.41) is 8.76. The molecular formula is C12H15N3O. The van der Waals surface area contributed by atoms with Gasteiger partial charge in [-0.2, -0.15) is 5.26 Å². The van der Waals surface area contributed by atoms with Crippen LogP contribution in [0.1, 0.15) is 18.9 Å². The van der Waals surface area contributed by atoms with E-state index in [1.165, 1.54) is 4.90 Å². The van der Waals surface area contributed by atoms with Crippen LogP contribution in [0.3, 0.4) is 0 Å². The lowest BCUT2D eigenvalue weighted by molar-refractivity contribution is -0.119. The number of hydrogen-bond donors (Lipinski definition) is 1. The molecule has 1 atom stereocenters. The van der Waals surface area contributed by atoms with E-state index < -0.39 is 6.04 Å². The highest BCUT2D eigenvalue weighted by Gasteiger charge is 2.17. The summed E-state index contributed by atoms with van der Waals surface area (Å²) in [5.74, 6) is -0.141. The van der Waals surface area contributed by atoms with Gasteiger partial charge in [0, 0.05) is 12.7 Å². The summed E-state index contributed by atoms with van der Waals surface area (Å²) in [6, 6.07) is 8.43. The van der Waals surface area contributed by atoms with Crippen molar-refractivity contribution in [1.82, 2.24) is 0 Å². The van der Waals surface area contributed by atoms with E-state index in [1.54, 1.807) is 31.3 Å². The number of anilines is 1. The molecule has 0 saturated carbocycles. The molecule has 1 amide bonds. The van der Waals surface area contributed by atoms with Gasteiger partial charge in [0.25, 0.3) is 0 Å². The van der Waals surface area contributed by atoms with Gasteiger partial charge in [0.2, 0.25) is 5.91 Å². The maximum absolute atomic E-state index is 11.8. The zero-order chi connectivity index (χ0) is 12.1. The Hall–Kier alpha value is -1.86. The maximum Gasteiger partial charge on any atom is 0.243 e. The van der Waals surface area contributed by atoms with Crippen molar-refractivity contribution in [3.05, 3.63) is 29.8 Å². The highest BCUT2D eigenvalue weighted by atomic mass is 16.2. The molecule has 1 aromatic rings. The van der Waals surface area contributed by atoms with Gasteiger partial charge >= 0.3 is 0 Å². The van der Waals surface area contributed by atoms with Gasteiger partial charge in [-0.3, -0.25) is 4.79 Å². The summed E-state index contributed by atoms with van der Waals surface area (Å²) in [4.78, 5) is 13.3. The standard InChI is InChI=1S/C12H15N3O/c1-3-11(14)12(16)15(2)10-6-4-5-9(7-10)8-13/h4-7,11H,3,14H2,1-2H3/t11-/m0/s1. The van der Waals surface area contributed by atoms with Crippen LogP contribution in [0.2, 0.25) is 0 Å². The van der Waals surface area contributed by atoms with Crippen molar-refractivity contribution < 1.29 is 4.79 Å². The summed E-state index contributed by atoms with van der Waals surface area (Å²) in [7, 11) is 1.66. The third-order valence-electron chi connectivity index (χ3n) is 2.45. The number of carbonyl (C=O) groups excluding carboxylic acids is 1. The van der Waals surface area contributed by atoms with Crippen LogP contribution in [0.25, 0.3) is 0 Å². The van der Waals surface area contributed by atoms with Crippen LogP contribution in [0.5, 0.6) is 0 Å². The zero-order valence-corrected chi connectivity index (χ0v) is 9.47. The monoisotopic (exact) mass is 217 g/mol. The molecule has 84 valence electrons. The Morgan fingerprint density at radius 3 is 2.88 bits per heavy atom. The van der Waals surface area contributed by atoms with Crippen molar-refractivity contribution in [1.29, 1.82) is 5.26 Å². The fourth-order valence-electron chi connectivity index (χ4n) is 1.33. The second kappa shape index (κ2) is 5.29. The molecule has 0 radical (unpaired) electrons. The second-order valence-corrected chi connectivity index (χ2v) is 3.57. The number of hydrogen-bond acceptors (Lipinski definition) is 3. The number of benzene rings is 1. The molecule has 0 heterocycles. The molecule has 0 aliphatic heterocycles. The first-order valence-electron chi connectivity index (χ1n) is 5.13. The van der Waals surface area contributed by atoms with Crippen molar-refractivity contribution in [3.8, 4) is 6.07 Å². The molecule has 0 bridgehead atoms. The number of carbonyl (C=O) groups is 1. The van der Waals surface area contributed by atoms with Crippen LogP contribution in [-0.2, 0) is 4.79 Å². The first kappa shape index (κ1) is 12.2. The van der Waals surface area contributed by atoms with Crippen molar-refractivity contribution in [2.45, 2.75) is 19.4 Å². The summed E-state index contributed by atoms with van der Waals surface area (Å²) < 4.78 is 0. The fourth-order valence-corrected chi connectivity index (χ4v) is 1.33. The van der Waals surface area contributed by atoms with Gasteiger partial charge in [-0.25, -0.2) is 0 Å². The van der Waals surface area contributed by atoms with Gasteiger partial charge in [-0.05, 0) is 24.6 Å². The van der Waals surface area contributed by atoms with E-state index in [2.05, 4.69) is 0 Å². The Labute approximate surface area is 95.3 Å². The number of likely N-dealkylation sites (N-methyl/N-ethyl adjacent to an activating group) is 1. The summed E-state index contributed by atoms with van der Waals surface area (Å²) in [6.45, 7) is 1.86. The number of nitrogens with two attached hydrogens (primary N) is 1. The fraction of sp³-hybridized carbons (Fsp3) is 0.333. The third kappa shape index (κ3) is 2.59.